The second-order valence-electron chi connectivity index (χ2n) is 8.20. The minimum atomic E-state index is -5.08. The van der Waals surface area contributed by atoms with Crippen LogP contribution in [0.2, 0.25) is 0 Å². The molecular formula is C25H28F3N5O5. The van der Waals surface area contributed by atoms with Crippen molar-refractivity contribution < 1.29 is 37.3 Å². The Kier molecular flexibility index (Phi) is 9.31. The molecule has 0 aliphatic carbocycles. The fourth-order valence-corrected chi connectivity index (χ4v) is 3.66. The van der Waals surface area contributed by atoms with Gasteiger partial charge in [-0.05, 0) is 42.8 Å². The van der Waals surface area contributed by atoms with Crippen molar-refractivity contribution in [1.29, 1.82) is 0 Å². The number of rotatable bonds is 6. The molecule has 0 atom stereocenters. The molecule has 1 aromatic heterocycles. The number of aryl methyl sites for hydroxylation is 1. The third kappa shape index (κ3) is 7.23. The lowest BCUT2D eigenvalue weighted by molar-refractivity contribution is -0.192. The van der Waals surface area contributed by atoms with E-state index in [-0.39, 0.29) is 5.91 Å². The number of hydrogen-bond donors (Lipinski definition) is 3. The molecule has 0 bridgehead atoms. The summed E-state index contributed by atoms with van der Waals surface area (Å²) in [6, 6.07) is 15.2. The fraction of sp³-hybridized carbons (Fsp3) is 0.320. The van der Waals surface area contributed by atoms with E-state index in [0.29, 0.717) is 36.9 Å². The average Bonchev–Trinajstić information content (AvgIpc) is 3.31. The fourth-order valence-electron chi connectivity index (χ4n) is 3.66. The van der Waals surface area contributed by atoms with Gasteiger partial charge in [0.1, 0.15) is 11.4 Å². The van der Waals surface area contributed by atoms with E-state index in [1.54, 1.807) is 17.9 Å². The lowest BCUT2D eigenvalue weighted by Gasteiger charge is -2.29. The number of alkyl halides is 3. The van der Waals surface area contributed by atoms with Gasteiger partial charge in [0, 0.05) is 31.4 Å². The van der Waals surface area contributed by atoms with Gasteiger partial charge in [-0.1, -0.05) is 12.1 Å². The normalized spacial score (nSPS) is 13.4. The quantitative estimate of drug-likeness (QED) is 0.438. The second-order valence-corrected chi connectivity index (χ2v) is 8.20. The zero-order valence-electron chi connectivity index (χ0n) is 20.8. The summed E-state index contributed by atoms with van der Waals surface area (Å²) in [6.45, 7) is 5.34. The predicted octanol–water partition coefficient (Wildman–Crippen LogP) is 3.37. The molecule has 0 unspecified atom stereocenters. The minimum absolute atomic E-state index is 0.267. The highest BCUT2D eigenvalue weighted by Crippen LogP contribution is 2.31. The number of carbonyl (C=O) groups excluding carboxylic acids is 1. The molecule has 1 aliphatic heterocycles. The molecule has 1 amide bonds. The van der Waals surface area contributed by atoms with E-state index < -0.39 is 12.1 Å². The Balaban J connectivity index is 0.000000505. The number of hydrogen-bond acceptors (Lipinski definition) is 7. The van der Waals surface area contributed by atoms with Crippen molar-refractivity contribution in [3.8, 4) is 11.4 Å². The number of aliphatic carboxylic acids is 1. The van der Waals surface area contributed by atoms with E-state index in [1.807, 2.05) is 49.4 Å². The highest BCUT2D eigenvalue weighted by molar-refractivity contribution is 6.04. The van der Waals surface area contributed by atoms with Gasteiger partial charge in [-0.2, -0.15) is 18.3 Å². The standard InChI is InChI=1S/C23H27N5O3.C2HF3O2/c1-16-12-21(28(26-16)19-5-3-4-17(13-19)15-24)23(29)25-20-7-6-18(14-22(20)30-2)27-8-10-31-11-9-27;3-2(4,5)1(6)7/h3-7,12-14H,8-11,15,24H2,1-2H3,(H,25,29);(H,6,7). The number of morpholine rings is 1. The molecule has 3 aromatic rings. The predicted molar refractivity (Wildman–Crippen MR) is 134 cm³/mol. The van der Waals surface area contributed by atoms with Crippen molar-refractivity contribution in [3.63, 3.8) is 0 Å². The number of methoxy groups -OCH3 is 1. The summed E-state index contributed by atoms with van der Waals surface area (Å²) in [6.07, 6.45) is -5.08. The van der Waals surface area contributed by atoms with Crippen LogP contribution in [0.15, 0.2) is 48.5 Å². The van der Waals surface area contributed by atoms with Crippen LogP contribution in [0.5, 0.6) is 5.75 Å². The Morgan fingerprint density at radius 1 is 1.13 bits per heavy atom. The zero-order chi connectivity index (χ0) is 27.9. The number of ether oxygens (including phenoxy) is 2. The number of aromatic nitrogens is 2. The van der Waals surface area contributed by atoms with Gasteiger partial charge < -0.3 is 30.5 Å². The van der Waals surface area contributed by atoms with Gasteiger partial charge in [0.25, 0.3) is 5.91 Å². The van der Waals surface area contributed by atoms with Crippen LogP contribution in [0.3, 0.4) is 0 Å². The third-order valence-electron chi connectivity index (χ3n) is 5.51. The van der Waals surface area contributed by atoms with Crippen LogP contribution in [0.4, 0.5) is 24.5 Å². The molecule has 4 rings (SSSR count). The van der Waals surface area contributed by atoms with Gasteiger partial charge in [0.05, 0.1) is 37.4 Å². The number of benzene rings is 2. The molecular weight excluding hydrogens is 507 g/mol. The van der Waals surface area contributed by atoms with Crippen molar-refractivity contribution in [2.24, 2.45) is 5.73 Å². The molecule has 0 saturated carbocycles. The van der Waals surface area contributed by atoms with E-state index in [1.165, 1.54) is 0 Å². The summed E-state index contributed by atoms with van der Waals surface area (Å²) in [7, 11) is 1.60. The smallest absolute Gasteiger partial charge is 0.490 e. The summed E-state index contributed by atoms with van der Waals surface area (Å²) >= 11 is 0. The van der Waals surface area contributed by atoms with E-state index in [0.717, 1.165) is 35.7 Å². The molecule has 1 aliphatic rings. The van der Waals surface area contributed by atoms with Crippen LogP contribution < -0.4 is 20.7 Å². The molecule has 0 spiro atoms. The summed E-state index contributed by atoms with van der Waals surface area (Å²) in [5, 5.41) is 14.6. The molecule has 38 heavy (non-hydrogen) atoms. The molecule has 13 heteroatoms. The van der Waals surface area contributed by atoms with Crippen LogP contribution >= 0.6 is 0 Å². The first-order valence-electron chi connectivity index (χ1n) is 11.5. The maximum atomic E-state index is 13.2. The number of nitrogens with two attached hydrogens (primary N) is 1. The van der Waals surface area contributed by atoms with Crippen molar-refractivity contribution in [1.82, 2.24) is 9.78 Å². The van der Waals surface area contributed by atoms with Crippen LogP contribution in [0.25, 0.3) is 5.69 Å². The van der Waals surface area contributed by atoms with Gasteiger partial charge in [-0.3, -0.25) is 4.79 Å². The van der Waals surface area contributed by atoms with E-state index >= 15 is 0 Å². The van der Waals surface area contributed by atoms with Crippen LogP contribution in [-0.4, -0.2) is 66.4 Å². The largest absolute Gasteiger partial charge is 0.494 e. The topological polar surface area (TPSA) is 132 Å². The summed E-state index contributed by atoms with van der Waals surface area (Å²) < 4.78 is 44.4. The van der Waals surface area contributed by atoms with Crippen molar-refractivity contribution in [2.75, 3.05) is 43.6 Å². The summed E-state index contributed by atoms with van der Waals surface area (Å²) in [5.74, 6) is -2.42. The molecule has 2 heterocycles. The van der Waals surface area contributed by atoms with Gasteiger partial charge >= 0.3 is 12.1 Å². The summed E-state index contributed by atoms with van der Waals surface area (Å²) in [4.78, 5) is 24.3. The van der Waals surface area contributed by atoms with E-state index in [2.05, 4.69) is 15.3 Å². The van der Waals surface area contributed by atoms with E-state index in [4.69, 9.17) is 25.1 Å². The number of anilines is 2. The van der Waals surface area contributed by atoms with E-state index in [9.17, 15) is 18.0 Å². The second kappa shape index (κ2) is 12.4. The number of nitrogens with zero attached hydrogens (tertiary/aromatic N) is 3. The molecule has 2 aromatic carbocycles. The Morgan fingerprint density at radius 2 is 1.82 bits per heavy atom. The maximum absolute atomic E-state index is 13.2. The van der Waals surface area contributed by atoms with Gasteiger partial charge in [0.15, 0.2) is 0 Å². The van der Waals surface area contributed by atoms with Crippen LogP contribution in [0, 0.1) is 6.92 Å². The lowest BCUT2D eigenvalue weighted by Crippen LogP contribution is -2.36. The van der Waals surface area contributed by atoms with Crippen LogP contribution in [0.1, 0.15) is 21.7 Å². The molecule has 1 saturated heterocycles. The Labute approximate surface area is 216 Å². The number of carboxylic acids is 1. The third-order valence-corrected chi connectivity index (χ3v) is 5.51. The molecule has 4 N–H and O–H groups in total. The van der Waals surface area contributed by atoms with Crippen molar-refractivity contribution in [2.45, 2.75) is 19.6 Å². The first-order valence-corrected chi connectivity index (χ1v) is 11.5. The van der Waals surface area contributed by atoms with Crippen molar-refractivity contribution in [3.05, 3.63) is 65.5 Å². The SMILES string of the molecule is COc1cc(N2CCOCC2)ccc1NC(=O)c1cc(C)nn1-c1cccc(CN)c1.O=C(O)C(F)(F)F. The summed E-state index contributed by atoms with van der Waals surface area (Å²) in [5.41, 5.74) is 10.4. The maximum Gasteiger partial charge on any atom is 0.490 e. The monoisotopic (exact) mass is 535 g/mol. The zero-order valence-corrected chi connectivity index (χ0v) is 20.8. The molecule has 10 nitrogen and oxygen atoms in total. The number of nitrogens with one attached hydrogen (secondary N) is 1. The first-order chi connectivity index (χ1) is 18.0. The number of halogens is 3. The van der Waals surface area contributed by atoms with Gasteiger partial charge in [-0.15, -0.1) is 0 Å². The molecule has 204 valence electrons. The first kappa shape index (κ1) is 28.5. The highest BCUT2D eigenvalue weighted by Gasteiger charge is 2.38. The average molecular weight is 536 g/mol. The molecule has 0 radical (unpaired) electrons. The Bertz CT molecular complexity index is 1270. The van der Waals surface area contributed by atoms with Crippen LogP contribution in [-0.2, 0) is 16.1 Å². The van der Waals surface area contributed by atoms with Gasteiger partial charge in [0.2, 0.25) is 0 Å². The lowest BCUT2D eigenvalue weighted by atomic mass is 10.2. The number of amides is 1. The number of carboxylic acid groups (broad SMARTS) is 1. The Morgan fingerprint density at radius 3 is 2.42 bits per heavy atom. The molecule has 1 fully saturated rings. The number of carbonyl (C=O) groups is 2. The minimum Gasteiger partial charge on any atom is -0.494 e. The van der Waals surface area contributed by atoms with Crippen molar-refractivity contribution >= 4 is 23.3 Å². The highest BCUT2D eigenvalue weighted by atomic mass is 19.4. The van der Waals surface area contributed by atoms with Gasteiger partial charge in [-0.25, -0.2) is 9.48 Å². The Hall–Kier alpha value is -4.10.